The van der Waals surface area contributed by atoms with Crippen molar-refractivity contribution in [2.24, 2.45) is 5.41 Å². The van der Waals surface area contributed by atoms with Crippen LogP contribution in [0.5, 0.6) is 0 Å². The Hall–Kier alpha value is -0.820. The molecular weight excluding hydrogens is 254 g/mol. The second kappa shape index (κ2) is 6.56. The van der Waals surface area contributed by atoms with Crippen LogP contribution in [0, 0.1) is 17.3 Å². The number of hydrogen-bond donors (Lipinski definition) is 1. The molecule has 0 aliphatic carbocycles. The number of thiophene rings is 1. The number of likely N-dealkylation sites (tertiary alicyclic amines) is 1. The van der Waals surface area contributed by atoms with Crippen LogP contribution in [0.4, 0.5) is 0 Å². The number of piperidine rings is 1. The van der Waals surface area contributed by atoms with Gasteiger partial charge in [-0.2, -0.15) is 0 Å². The summed E-state index contributed by atoms with van der Waals surface area (Å²) in [5.74, 6) is 6.09. The first-order valence-electron chi connectivity index (χ1n) is 7.00. The van der Waals surface area contributed by atoms with Crippen molar-refractivity contribution in [3.63, 3.8) is 0 Å². The Kier molecular flexibility index (Phi) is 5.04. The van der Waals surface area contributed by atoms with E-state index in [9.17, 15) is 0 Å². The molecule has 0 bridgehead atoms. The Bertz CT molecular complexity index is 467. The average molecular weight is 277 g/mol. The van der Waals surface area contributed by atoms with E-state index in [4.69, 9.17) is 5.11 Å². The molecule has 0 aromatic carbocycles. The average Bonchev–Trinajstić information content (AvgIpc) is 2.76. The lowest BCUT2D eigenvalue weighted by atomic mass is 9.84. The third-order valence-corrected chi connectivity index (χ3v) is 4.45. The molecule has 1 saturated heterocycles. The summed E-state index contributed by atoms with van der Waals surface area (Å²) in [5, 5.41) is 8.71. The van der Waals surface area contributed by atoms with Crippen LogP contribution >= 0.6 is 11.3 Å². The summed E-state index contributed by atoms with van der Waals surface area (Å²) < 4.78 is 0. The van der Waals surface area contributed by atoms with Crippen LogP contribution in [0.25, 0.3) is 0 Å². The van der Waals surface area contributed by atoms with E-state index in [1.807, 2.05) is 0 Å². The van der Waals surface area contributed by atoms with Gasteiger partial charge in [0.1, 0.15) is 0 Å². The molecule has 1 aromatic rings. The minimum atomic E-state index is 0.147. The van der Waals surface area contributed by atoms with Gasteiger partial charge in [0.05, 0.1) is 11.5 Å². The predicted octanol–water partition coefficient (Wildman–Crippen LogP) is 3.10. The molecular formula is C16H23NOS. The fourth-order valence-corrected chi connectivity index (χ4v) is 3.56. The van der Waals surface area contributed by atoms with E-state index in [-0.39, 0.29) is 6.61 Å². The smallest absolute Gasteiger partial charge is 0.0771 e. The third-order valence-electron chi connectivity index (χ3n) is 3.47. The van der Waals surface area contributed by atoms with E-state index in [1.54, 1.807) is 11.3 Å². The summed E-state index contributed by atoms with van der Waals surface area (Å²) in [6.45, 7) is 8.33. The summed E-state index contributed by atoms with van der Waals surface area (Å²) in [6.07, 6.45) is 3.21. The van der Waals surface area contributed by atoms with Gasteiger partial charge >= 0.3 is 0 Å². The third kappa shape index (κ3) is 4.65. The number of aliphatic hydroxyl groups is 1. The first-order valence-corrected chi connectivity index (χ1v) is 7.81. The molecule has 0 atom stereocenters. The Morgan fingerprint density at radius 1 is 1.42 bits per heavy atom. The molecule has 0 radical (unpaired) electrons. The molecule has 0 amide bonds. The van der Waals surface area contributed by atoms with Crippen LogP contribution in [-0.2, 0) is 6.54 Å². The van der Waals surface area contributed by atoms with Gasteiger partial charge < -0.3 is 5.11 Å². The Labute approximate surface area is 120 Å². The molecule has 0 unspecified atom stereocenters. The van der Waals surface area contributed by atoms with Gasteiger partial charge in [-0.1, -0.05) is 25.7 Å². The zero-order chi connectivity index (χ0) is 13.7. The van der Waals surface area contributed by atoms with Crippen LogP contribution in [0.2, 0.25) is 0 Å². The minimum Gasteiger partial charge on any atom is -0.395 e. The van der Waals surface area contributed by atoms with Crippen molar-refractivity contribution >= 4 is 11.3 Å². The van der Waals surface area contributed by atoms with Crippen LogP contribution in [0.3, 0.4) is 0 Å². The summed E-state index contributed by atoms with van der Waals surface area (Å²) in [6, 6.07) is 4.29. The summed E-state index contributed by atoms with van der Waals surface area (Å²) in [4.78, 5) is 5.06. The maximum absolute atomic E-state index is 8.71. The zero-order valence-corrected chi connectivity index (χ0v) is 12.7. The van der Waals surface area contributed by atoms with Crippen LogP contribution < -0.4 is 0 Å². The lowest BCUT2D eigenvalue weighted by Gasteiger charge is -2.37. The largest absolute Gasteiger partial charge is 0.395 e. The second-order valence-electron chi connectivity index (χ2n) is 6.02. The Balaban J connectivity index is 1.91. The normalized spacial score (nSPS) is 18.9. The van der Waals surface area contributed by atoms with E-state index in [0.29, 0.717) is 11.8 Å². The van der Waals surface area contributed by atoms with Gasteiger partial charge in [0.15, 0.2) is 0 Å². The minimum absolute atomic E-state index is 0.147. The van der Waals surface area contributed by atoms with E-state index in [2.05, 4.69) is 42.7 Å². The number of hydrogen-bond acceptors (Lipinski definition) is 3. The molecule has 2 nitrogen and oxygen atoms in total. The molecule has 2 heterocycles. The number of aliphatic hydroxyl groups excluding tert-OH is 1. The van der Waals surface area contributed by atoms with Crippen molar-refractivity contribution in [2.45, 2.75) is 39.7 Å². The van der Waals surface area contributed by atoms with E-state index < -0.39 is 0 Å². The quantitative estimate of drug-likeness (QED) is 0.858. The van der Waals surface area contributed by atoms with Gasteiger partial charge in [0.2, 0.25) is 0 Å². The van der Waals surface area contributed by atoms with E-state index in [1.165, 1.54) is 30.8 Å². The molecule has 2 rings (SSSR count). The fraction of sp³-hybridized carbons (Fsp3) is 0.625. The monoisotopic (exact) mass is 277 g/mol. The van der Waals surface area contributed by atoms with Gasteiger partial charge in [-0.25, -0.2) is 0 Å². The number of nitrogens with zero attached hydrogens (tertiary/aromatic N) is 1. The highest BCUT2D eigenvalue weighted by Crippen LogP contribution is 2.30. The van der Waals surface area contributed by atoms with E-state index >= 15 is 0 Å². The first-order chi connectivity index (χ1) is 9.09. The van der Waals surface area contributed by atoms with Crippen LogP contribution in [0.1, 0.15) is 42.9 Å². The molecule has 0 saturated carbocycles. The van der Waals surface area contributed by atoms with Gasteiger partial charge in [0, 0.05) is 24.4 Å². The predicted molar refractivity (Wildman–Crippen MR) is 81.2 cm³/mol. The second-order valence-corrected chi connectivity index (χ2v) is 7.19. The standard InChI is InChI=1S/C16H23NOS/c1-16(2)9-5-10-17(13-16)12-15-8-7-14(19-15)6-3-4-11-18/h7-8,18H,4-5,9-13H2,1-2H3. The SMILES string of the molecule is CC1(C)CCCN(Cc2ccc(C#CCCO)s2)C1. The maximum Gasteiger partial charge on any atom is 0.0771 e. The topological polar surface area (TPSA) is 23.5 Å². The Morgan fingerprint density at radius 3 is 3.00 bits per heavy atom. The van der Waals surface area contributed by atoms with Gasteiger partial charge in [0.25, 0.3) is 0 Å². The van der Waals surface area contributed by atoms with Crippen molar-refractivity contribution in [2.75, 3.05) is 19.7 Å². The molecule has 1 aromatic heterocycles. The van der Waals surface area contributed by atoms with Crippen molar-refractivity contribution in [1.29, 1.82) is 0 Å². The lowest BCUT2D eigenvalue weighted by molar-refractivity contribution is 0.112. The molecule has 104 valence electrons. The highest BCUT2D eigenvalue weighted by molar-refractivity contribution is 7.12. The summed E-state index contributed by atoms with van der Waals surface area (Å²) in [5.41, 5.74) is 0.458. The number of rotatable bonds is 3. The first kappa shape index (κ1) is 14.6. The maximum atomic E-state index is 8.71. The summed E-state index contributed by atoms with van der Waals surface area (Å²) >= 11 is 1.78. The van der Waals surface area contributed by atoms with E-state index in [0.717, 1.165) is 11.4 Å². The van der Waals surface area contributed by atoms with Crippen molar-refractivity contribution in [3.8, 4) is 11.8 Å². The van der Waals surface area contributed by atoms with Crippen LogP contribution in [-0.4, -0.2) is 29.7 Å². The van der Waals surface area contributed by atoms with Crippen LogP contribution in [0.15, 0.2) is 12.1 Å². The van der Waals surface area contributed by atoms with Gasteiger partial charge in [-0.05, 0) is 36.9 Å². The fourth-order valence-electron chi connectivity index (χ4n) is 2.64. The molecule has 19 heavy (non-hydrogen) atoms. The molecule has 3 heteroatoms. The van der Waals surface area contributed by atoms with Crippen molar-refractivity contribution < 1.29 is 5.11 Å². The van der Waals surface area contributed by atoms with Gasteiger partial charge in [-0.3, -0.25) is 4.90 Å². The lowest BCUT2D eigenvalue weighted by Crippen LogP contribution is -2.39. The van der Waals surface area contributed by atoms with Gasteiger partial charge in [-0.15, -0.1) is 11.3 Å². The van der Waals surface area contributed by atoms with Crippen molar-refractivity contribution in [1.82, 2.24) is 4.90 Å². The molecule has 0 spiro atoms. The molecule has 1 aliphatic heterocycles. The Morgan fingerprint density at radius 2 is 2.26 bits per heavy atom. The highest BCUT2D eigenvalue weighted by atomic mass is 32.1. The molecule has 1 N–H and O–H groups in total. The molecule has 1 fully saturated rings. The highest BCUT2D eigenvalue weighted by Gasteiger charge is 2.26. The molecule has 1 aliphatic rings. The summed E-state index contributed by atoms with van der Waals surface area (Å²) in [7, 11) is 0. The zero-order valence-electron chi connectivity index (χ0n) is 11.9. The van der Waals surface area contributed by atoms with Crippen molar-refractivity contribution in [3.05, 3.63) is 21.9 Å².